The molecule has 2 rings (SSSR count). The summed E-state index contributed by atoms with van der Waals surface area (Å²) in [4.78, 5) is 4.09. The summed E-state index contributed by atoms with van der Waals surface area (Å²) in [6, 6.07) is 11.0. The van der Waals surface area contributed by atoms with Crippen LogP contribution in [0.25, 0.3) is 0 Å². The lowest BCUT2D eigenvalue weighted by Gasteiger charge is -2.19. The first kappa shape index (κ1) is 18.4. The quantitative estimate of drug-likeness (QED) is 0.660. The predicted octanol–water partition coefficient (Wildman–Crippen LogP) is 3.57. The van der Waals surface area contributed by atoms with Crippen LogP contribution in [-0.2, 0) is 6.54 Å². The maximum atomic E-state index is 13.8. The van der Waals surface area contributed by atoms with Crippen molar-refractivity contribution in [2.24, 2.45) is 4.99 Å². The molecule has 130 valence electrons. The van der Waals surface area contributed by atoms with Gasteiger partial charge in [-0.3, -0.25) is 4.99 Å². The van der Waals surface area contributed by atoms with E-state index in [0.717, 1.165) is 5.56 Å². The second kappa shape index (κ2) is 8.25. The minimum Gasteiger partial charge on any atom is -0.352 e. The Kier molecular flexibility index (Phi) is 6.07. The summed E-state index contributed by atoms with van der Waals surface area (Å²) in [6.07, 6.45) is 0. The van der Waals surface area contributed by atoms with Crippen LogP contribution < -0.4 is 10.6 Å². The van der Waals surface area contributed by atoms with Gasteiger partial charge in [0.25, 0.3) is 0 Å². The number of halogens is 2. The average molecular weight is 342 g/mol. The number of nitriles is 1. The van der Waals surface area contributed by atoms with Gasteiger partial charge in [0, 0.05) is 19.2 Å². The normalized spacial score (nSPS) is 12.4. The number of benzene rings is 2. The second-order valence-corrected chi connectivity index (χ2v) is 5.72. The van der Waals surface area contributed by atoms with Crippen molar-refractivity contribution in [1.29, 1.82) is 5.26 Å². The van der Waals surface area contributed by atoms with Gasteiger partial charge in [-0.05, 0) is 49.2 Å². The summed E-state index contributed by atoms with van der Waals surface area (Å²) in [5, 5.41) is 15.0. The molecular weight excluding hydrogens is 322 g/mol. The molecule has 2 N–H and O–H groups in total. The highest BCUT2D eigenvalue weighted by molar-refractivity contribution is 5.80. The highest BCUT2D eigenvalue weighted by Gasteiger charge is 2.11. The summed E-state index contributed by atoms with van der Waals surface area (Å²) in [6.45, 7) is 3.77. The topological polar surface area (TPSA) is 60.2 Å². The van der Waals surface area contributed by atoms with Crippen molar-refractivity contribution in [2.45, 2.75) is 26.4 Å². The zero-order chi connectivity index (χ0) is 18.4. The summed E-state index contributed by atoms with van der Waals surface area (Å²) in [7, 11) is 1.60. The van der Waals surface area contributed by atoms with Gasteiger partial charge >= 0.3 is 0 Å². The second-order valence-electron chi connectivity index (χ2n) is 5.72. The Labute approximate surface area is 146 Å². The molecule has 0 aromatic heterocycles. The number of nitrogens with one attached hydrogen (secondary N) is 2. The molecule has 0 fully saturated rings. The van der Waals surface area contributed by atoms with E-state index in [0.29, 0.717) is 22.6 Å². The SMILES string of the molecule is CN=C(NCc1cc(C#N)ccc1F)NC(C)c1ccc(C)c(F)c1. The van der Waals surface area contributed by atoms with E-state index in [1.807, 2.05) is 19.1 Å². The zero-order valence-electron chi connectivity index (χ0n) is 14.4. The molecule has 0 aliphatic rings. The minimum absolute atomic E-state index is 0.177. The fourth-order valence-electron chi connectivity index (χ4n) is 2.32. The lowest BCUT2D eigenvalue weighted by atomic mass is 10.1. The zero-order valence-corrected chi connectivity index (χ0v) is 14.4. The Hall–Kier alpha value is -2.94. The molecule has 4 nitrogen and oxygen atoms in total. The Morgan fingerprint density at radius 2 is 1.96 bits per heavy atom. The molecule has 0 aliphatic heterocycles. The van der Waals surface area contributed by atoms with E-state index < -0.39 is 5.82 Å². The molecule has 25 heavy (non-hydrogen) atoms. The van der Waals surface area contributed by atoms with Crippen LogP contribution in [0.15, 0.2) is 41.4 Å². The summed E-state index contributed by atoms with van der Waals surface area (Å²) in [5.41, 5.74) is 2.13. The van der Waals surface area contributed by atoms with Crippen molar-refractivity contribution < 1.29 is 8.78 Å². The number of aliphatic imine (C=N–C) groups is 1. The monoisotopic (exact) mass is 342 g/mol. The molecule has 1 unspecified atom stereocenters. The van der Waals surface area contributed by atoms with Crippen molar-refractivity contribution in [1.82, 2.24) is 10.6 Å². The van der Waals surface area contributed by atoms with E-state index in [-0.39, 0.29) is 18.4 Å². The first-order valence-electron chi connectivity index (χ1n) is 7.86. The summed E-state index contributed by atoms with van der Waals surface area (Å²) < 4.78 is 27.5. The predicted molar refractivity (Wildman–Crippen MR) is 94.0 cm³/mol. The van der Waals surface area contributed by atoms with Crippen LogP contribution in [0.5, 0.6) is 0 Å². The van der Waals surface area contributed by atoms with Gasteiger partial charge in [0.1, 0.15) is 11.6 Å². The number of rotatable bonds is 4. The molecule has 2 aromatic rings. The van der Waals surface area contributed by atoms with E-state index in [4.69, 9.17) is 5.26 Å². The van der Waals surface area contributed by atoms with Crippen LogP contribution in [0.1, 0.15) is 35.2 Å². The maximum absolute atomic E-state index is 13.8. The molecule has 6 heteroatoms. The van der Waals surface area contributed by atoms with Gasteiger partial charge in [-0.1, -0.05) is 12.1 Å². The van der Waals surface area contributed by atoms with Crippen molar-refractivity contribution in [3.8, 4) is 6.07 Å². The first-order valence-corrected chi connectivity index (χ1v) is 7.86. The van der Waals surface area contributed by atoms with Crippen LogP contribution in [0.2, 0.25) is 0 Å². The molecule has 0 radical (unpaired) electrons. The smallest absolute Gasteiger partial charge is 0.191 e. The Bertz CT molecular complexity index is 825. The van der Waals surface area contributed by atoms with Crippen molar-refractivity contribution in [3.63, 3.8) is 0 Å². The highest BCUT2D eigenvalue weighted by Crippen LogP contribution is 2.16. The summed E-state index contributed by atoms with van der Waals surface area (Å²) in [5.74, 6) is -0.199. The lowest BCUT2D eigenvalue weighted by molar-refractivity contribution is 0.599. The van der Waals surface area contributed by atoms with Gasteiger partial charge in [0.15, 0.2) is 5.96 Å². The van der Waals surface area contributed by atoms with Gasteiger partial charge in [-0.2, -0.15) is 5.26 Å². The fourth-order valence-corrected chi connectivity index (χ4v) is 2.32. The standard InChI is InChI=1S/C19H20F2N4/c1-12-4-6-15(9-18(12)21)13(2)25-19(23-3)24-11-16-8-14(10-22)5-7-17(16)20/h4-9,13H,11H2,1-3H3,(H2,23,24,25). The molecular formula is C19H20F2N4. The number of hydrogen-bond donors (Lipinski definition) is 2. The third kappa shape index (κ3) is 4.77. The number of nitrogens with zero attached hydrogens (tertiary/aromatic N) is 2. The van der Waals surface area contributed by atoms with E-state index >= 15 is 0 Å². The van der Waals surface area contributed by atoms with Gasteiger partial charge in [0.05, 0.1) is 17.7 Å². The highest BCUT2D eigenvalue weighted by atomic mass is 19.1. The van der Waals surface area contributed by atoms with Gasteiger partial charge in [0.2, 0.25) is 0 Å². The fraction of sp³-hybridized carbons (Fsp3) is 0.263. The third-order valence-corrected chi connectivity index (χ3v) is 3.89. The molecule has 0 bridgehead atoms. The van der Waals surface area contributed by atoms with Crippen LogP contribution in [-0.4, -0.2) is 13.0 Å². The average Bonchev–Trinajstić information content (AvgIpc) is 2.61. The van der Waals surface area contributed by atoms with Crippen molar-refractivity contribution in [3.05, 3.63) is 70.3 Å². The molecule has 2 aromatic carbocycles. The van der Waals surface area contributed by atoms with Crippen LogP contribution in [0, 0.1) is 29.9 Å². The van der Waals surface area contributed by atoms with Crippen molar-refractivity contribution >= 4 is 5.96 Å². The minimum atomic E-state index is -0.393. The van der Waals surface area contributed by atoms with Crippen LogP contribution in [0.3, 0.4) is 0 Å². The maximum Gasteiger partial charge on any atom is 0.191 e. The molecule has 0 heterocycles. The van der Waals surface area contributed by atoms with Gasteiger partial charge in [-0.25, -0.2) is 8.78 Å². The van der Waals surface area contributed by atoms with Crippen LogP contribution in [0.4, 0.5) is 8.78 Å². The third-order valence-electron chi connectivity index (χ3n) is 3.89. The first-order chi connectivity index (χ1) is 11.9. The van der Waals surface area contributed by atoms with E-state index in [9.17, 15) is 8.78 Å². The van der Waals surface area contributed by atoms with E-state index in [2.05, 4.69) is 15.6 Å². The Morgan fingerprint density at radius 3 is 2.60 bits per heavy atom. The molecule has 0 saturated heterocycles. The Morgan fingerprint density at radius 1 is 1.20 bits per heavy atom. The van der Waals surface area contributed by atoms with Gasteiger partial charge in [-0.15, -0.1) is 0 Å². The van der Waals surface area contributed by atoms with Crippen LogP contribution >= 0.6 is 0 Å². The number of hydrogen-bond acceptors (Lipinski definition) is 2. The Balaban J connectivity index is 2.03. The molecule has 0 spiro atoms. The summed E-state index contributed by atoms with van der Waals surface area (Å²) >= 11 is 0. The van der Waals surface area contributed by atoms with Gasteiger partial charge < -0.3 is 10.6 Å². The molecule has 0 saturated carbocycles. The van der Waals surface area contributed by atoms with E-state index in [1.165, 1.54) is 24.3 Å². The number of guanidine groups is 1. The largest absolute Gasteiger partial charge is 0.352 e. The van der Waals surface area contributed by atoms with Crippen molar-refractivity contribution in [2.75, 3.05) is 7.05 Å². The number of aryl methyl sites for hydroxylation is 1. The van der Waals surface area contributed by atoms with E-state index in [1.54, 1.807) is 20.0 Å². The lowest BCUT2D eigenvalue weighted by Crippen LogP contribution is -2.38. The molecule has 0 aliphatic carbocycles. The molecule has 1 atom stereocenters. The molecule has 0 amide bonds.